The molecule has 0 aliphatic heterocycles. The molecule has 2 amide bonds. The molecule has 0 heterocycles. The van der Waals surface area contributed by atoms with Gasteiger partial charge in [-0.15, -0.1) is 0 Å². The fourth-order valence-corrected chi connectivity index (χ4v) is 6.72. The van der Waals surface area contributed by atoms with Crippen LogP contribution in [0.3, 0.4) is 0 Å². The molecule has 0 saturated heterocycles. The molecule has 1 aliphatic rings. The van der Waals surface area contributed by atoms with Gasteiger partial charge in [-0.2, -0.15) is 0 Å². The fourth-order valence-electron chi connectivity index (χ4n) is 5.09. The van der Waals surface area contributed by atoms with Crippen molar-refractivity contribution in [2.75, 3.05) is 18.0 Å². The van der Waals surface area contributed by atoms with E-state index < -0.39 is 28.5 Å². The van der Waals surface area contributed by atoms with E-state index in [-0.39, 0.29) is 23.4 Å². The summed E-state index contributed by atoms with van der Waals surface area (Å²) in [4.78, 5) is 29.2. The van der Waals surface area contributed by atoms with Gasteiger partial charge < -0.3 is 15.0 Å². The molecule has 1 fully saturated rings. The number of hydrogen-bond acceptors (Lipinski definition) is 5. The van der Waals surface area contributed by atoms with Gasteiger partial charge in [0, 0.05) is 17.6 Å². The Kier molecular flexibility index (Phi) is 10.3. The molecule has 0 aromatic heterocycles. The van der Waals surface area contributed by atoms with E-state index in [2.05, 4.69) is 5.32 Å². The van der Waals surface area contributed by atoms with Gasteiger partial charge >= 0.3 is 0 Å². The molecule has 0 unspecified atom stereocenters. The molecule has 0 spiro atoms. The summed E-state index contributed by atoms with van der Waals surface area (Å²) in [5, 5.41) is 3.57. The van der Waals surface area contributed by atoms with Crippen molar-refractivity contribution in [1.82, 2.24) is 10.2 Å². The van der Waals surface area contributed by atoms with Crippen LogP contribution in [0.1, 0.15) is 44.6 Å². The molecule has 0 bridgehead atoms. The number of sulfonamides is 1. The number of methoxy groups -OCH3 is 1. The Labute approximate surface area is 247 Å². The van der Waals surface area contributed by atoms with Crippen LogP contribution in [0.4, 0.5) is 5.69 Å². The van der Waals surface area contributed by atoms with E-state index in [1.165, 1.54) is 24.1 Å². The molecular weight excluding hydrogens is 562 g/mol. The zero-order valence-electron chi connectivity index (χ0n) is 23.3. The van der Waals surface area contributed by atoms with Crippen LogP contribution < -0.4 is 14.4 Å². The van der Waals surface area contributed by atoms with Gasteiger partial charge in [-0.05, 0) is 67.3 Å². The van der Waals surface area contributed by atoms with Crippen LogP contribution in [0.2, 0.25) is 5.02 Å². The van der Waals surface area contributed by atoms with Crippen LogP contribution >= 0.6 is 11.6 Å². The first-order valence-corrected chi connectivity index (χ1v) is 15.6. The van der Waals surface area contributed by atoms with E-state index in [4.69, 9.17) is 16.3 Å². The number of nitrogens with one attached hydrogen (secondary N) is 1. The lowest BCUT2D eigenvalue weighted by Gasteiger charge is -2.34. The van der Waals surface area contributed by atoms with Crippen molar-refractivity contribution in [3.8, 4) is 5.75 Å². The summed E-state index contributed by atoms with van der Waals surface area (Å²) in [6, 6.07) is 20.8. The van der Waals surface area contributed by atoms with E-state index in [0.717, 1.165) is 30.0 Å². The van der Waals surface area contributed by atoms with E-state index in [9.17, 15) is 18.0 Å². The number of carbonyl (C=O) groups is 2. The maximum atomic E-state index is 14.2. The Morgan fingerprint density at radius 2 is 1.61 bits per heavy atom. The highest BCUT2D eigenvalue weighted by Gasteiger charge is 2.34. The fraction of sp³-hybridized carbons (Fsp3) is 0.355. The van der Waals surface area contributed by atoms with Gasteiger partial charge in [0.1, 0.15) is 18.3 Å². The zero-order valence-corrected chi connectivity index (χ0v) is 24.9. The number of carbonyl (C=O) groups excluding carboxylic acids is 2. The third-order valence-electron chi connectivity index (χ3n) is 7.36. The van der Waals surface area contributed by atoms with Gasteiger partial charge in [0.05, 0.1) is 17.7 Å². The minimum Gasteiger partial charge on any atom is -0.497 e. The highest BCUT2D eigenvalue weighted by Crippen LogP contribution is 2.27. The second-order valence-electron chi connectivity index (χ2n) is 10.0. The monoisotopic (exact) mass is 597 g/mol. The Bertz CT molecular complexity index is 1430. The molecule has 3 aromatic rings. The van der Waals surface area contributed by atoms with Crippen LogP contribution in [0.15, 0.2) is 83.8 Å². The molecule has 1 saturated carbocycles. The quantitative estimate of drug-likeness (QED) is 0.301. The lowest BCUT2D eigenvalue weighted by Crippen LogP contribution is -2.53. The topological polar surface area (TPSA) is 96.0 Å². The minimum atomic E-state index is -4.14. The zero-order chi connectivity index (χ0) is 29.4. The van der Waals surface area contributed by atoms with Crippen LogP contribution in [0, 0.1) is 0 Å². The van der Waals surface area contributed by atoms with Crippen molar-refractivity contribution >= 4 is 39.1 Å². The summed E-state index contributed by atoms with van der Waals surface area (Å²) in [5.74, 6) is -0.220. The number of ether oxygens (including phenoxy) is 1. The third-order valence-corrected chi connectivity index (χ3v) is 9.51. The lowest BCUT2D eigenvalue weighted by atomic mass is 10.1. The van der Waals surface area contributed by atoms with E-state index >= 15 is 0 Å². The Balaban J connectivity index is 1.71. The molecule has 1 N–H and O–H groups in total. The molecule has 10 heteroatoms. The first-order valence-electron chi connectivity index (χ1n) is 13.8. The van der Waals surface area contributed by atoms with Crippen molar-refractivity contribution in [2.24, 2.45) is 0 Å². The molecule has 1 atom stereocenters. The predicted molar refractivity (Wildman–Crippen MR) is 160 cm³/mol. The van der Waals surface area contributed by atoms with Crippen molar-refractivity contribution < 1.29 is 22.7 Å². The number of benzene rings is 3. The van der Waals surface area contributed by atoms with Gasteiger partial charge in [0.2, 0.25) is 11.8 Å². The summed E-state index contributed by atoms with van der Waals surface area (Å²) in [5.41, 5.74) is 0.959. The second kappa shape index (κ2) is 13.9. The predicted octanol–water partition coefficient (Wildman–Crippen LogP) is 5.41. The number of nitrogens with zero attached hydrogens (tertiary/aromatic N) is 2. The Hall–Kier alpha value is -3.56. The SMILES string of the molecule is CC[C@@H](C(=O)NC1CCCC1)N(Cc1ccccc1Cl)C(=O)CN(c1ccc(OC)cc1)S(=O)(=O)c1ccccc1. The van der Waals surface area contributed by atoms with Crippen molar-refractivity contribution in [1.29, 1.82) is 0 Å². The van der Waals surface area contributed by atoms with Crippen molar-refractivity contribution in [2.45, 2.75) is 62.6 Å². The van der Waals surface area contributed by atoms with Crippen molar-refractivity contribution in [3.63, 3.8) is 0 Å². The van der Waals surface area contributed by atoms with Crippen LogP contribution in [0.5, 0.6) is 5.75 Å². The lowest BCUT2D eigenvalue weighted by molar-refractivity contribution is -0.140. The number of anilines is 1. The number of halogens is 1. The summed E-state index contributed by atoms with van der Waals surface area (Å²) in [6.45, 7) is 1.38. The second-order valence-corrected chi connectivity index (χ2v) is 12.3. The number of amides is 2. The number of hydrogen-bond donors (Lipinski definition) is 1. The Morgan fingerprint density at radius 3 is 2.22 bits per heavy atom. The van der Waals surface area contributed by atoms with Crippen LogP contribution in [-0.2, 0) is 26.2 Å². The first kappa shape index (κ1) is 30.4. The molecule has 1 aliphatic carbocycles. The summed E-state index contributed by atoms with van der Waals surface area (Å²) >= 11 is 6.46. The normalized spacial score (nSPS) is 14.3. The van der Waals surface area contributed by atoms with E-state index in [1.807, 2.05) is 13.0 Å². The molecular formula is C31H36ClN3O5S. The molecule has 218 valence electrons. The van der Waals surface area contributed by atoms with Gasteiger partial charge in [0.15, 0.2) is 0 Å². The van der Waals surface area contributed by atoms with Crippen LogP contribution in [-0.4, -0.2) is 50.9 Å². The molecule has 41 heavy (non-hydrogen) atoms. The minimum absolute atomic E-state index is 0.0484. The molecule has 3 aromatic carbocycles. The maximum absolute atomic E-state index is 14.2. The van der Waals surface area contributed by atoms with Crippen LogP contribution in [0.25, 0.3) is 0 Å². The highest BCUT2D eigenvalue weighted by molar-refractivity contribution is 7.92. The smallest absolute Gasteiger partial charge is 0.264 e. The molecule has 8 nitrogen and oxygen atoms in total. The summed E-state index contributed by atoms with van der Waals surface area (Å²) < 4.78 is 34.1. The van der Waals surface area contributed by atoms with Gasteiger partial charge in [0.25, 0.3) is 10.0 Å². The highest BCUT2D eigenvalue weighted by atomic mass is 35.5. The third kappa shape index (κ3) is 7.40. The van der Waals surface area contributed by atoms with E-state index in [1.54, 1.807) is 60.7 Å². The van der Waals surface area contributed by atoms with Gasteiger partial charge in [-0.1, -0.05) is 67.8 Å². The standard InChI is InChI=1S/C31H36ClN3O5S/c1-3-29(31(37)33-24-12-8-9-13-24)34(21-23-11-7-10-16-28(23)32)30(36)22-35(25-17-19-26(40-2)20-18-25)41(38,39)27-14-5-4-6-15-27/h4-7,10-11,14-20,24,29H,3,8-9,12-13,21-22H2,1-2H3,(H,33,37)/t29-/m0/s1. The largest absolute Gasteiger partial charge is 0.497 e. The average molecular weight is 598 g/mol. The summed E-state index contributed by atoms with van der Waals surface area (Å²) in [7, 11) is -2.62. The summed E-state index contributed by atoms with van der Waals surface area (Å²) in [6.07, 6.45) is 4.27. The van der Waals surface area contributed by atoms with Gasteiger partial charge in [-0.25, -0.2) is 8.42 Å². The molecule has 0 radical (unpaired) electrons. The average Bonchev–Trinajstić information content (AvgIpc) is 3.50. The molecule has 4 rings (SSSR count). The maximum Gasteiger partial charge on any atom is 0.264 e. The van der Waals surface area contributed by atoms with E-state index in [0.29, 0.717) is 28.4 Å². The van der Waals surface area contributed by atoms with Crippen molar-refractivity contribution in [3.05, 3.63) is 89.4 Å². The Morgan fingerprint density at radius 1 is 0.976 bits per heavy atom. The van der Waals surface area contributed by atoms with Gasteiger partial charge in [-0.3, -0.25) is 13.9 Å². The first-order chi connectivity index (χ1) is 19.7. The number of rotatable bonds is 12.